The molecule has 0 aliphatic heterocycles. The van der Waals surface area contributed by atoms with Gasteiger partial charge in [-0.2, -0.15) is 0 Å². The molecule has 0 saturated heterocycles. The van der Waals surface area contributed by atoms with Crippen LogP contribution in [0.2, 0.25) is 0 Å². The predicted molar refractivity (Wildman–Crippen MR) is 42.8 cm³/mol. The zero-order valence-corrected chi connectivity index (χ0v) is 6.43. The Morgan fingerprint density at radius 3 is 3.00 bits per heavy atom. The van der Waals surface area contributed by atoms with Crippen LogP contribution in [-0.4, -0.2) is 11.7 Å². The Balaban J connectivity index is 2.60. The van der Waals surface area contributed by atoms with E-state index in [-0.39, 0.29) is 0 Å². The van der Waals surface area contributed by atoms with Crippen LogP contribution in [0.25, 0.3) is 0 Å². The maximum atomic E-state index is 8.68. The summed E-state index contributed by atoms with van der Waals surface area (Å²) in [7, 11) is 0. The van der Waals surface area contributed by atoms with Gasteiger partial charge in [0.05, 0.1) is 0 Å². The van der Waals surface area contributed by atoms with Gasteiger partial charge in [0.25, 0.3) is 0 Å². The summed E-state index contributed by atoms with van der Waals surface area (Å²) in [5, 5.41) is 8.68. The largest absolute Gasteiger partial charge is 0.396 e. The molecule has 1 N–H and O–H groups in total. The quantitative estimate of drug-likeness (QED) is 0.619. The molecule has 1 nitrogen and oxygen atoms in total. The Labute approximate surface area is 62.1 Å². The molecule has 56 valence electrons. The topological polar surface area (TPSA) is 20.2 Å². The summed E-state index contributed by atoms with van der Waals surface area (Å²) >= 11 is 0. The van der Waals surface area contributed by atoms with E-state index < -0.39 is 0 Å². The van der Waals surface area contributed by atoms with Crippen molar-refractivity contribution in [1.82, 2.24) is 0 Å². The molecule has 0 fully saturated rings. The number of allylic oxidation sites excluding steroid dienone is 3. The van der Waals surface area contributed by atoms with Crippen LogP contribution in [0.15, 0.2) is 23.3 Å². The van der Waals surface area contributed by atoms with Crippen molar-refractivity contribution >= 4 is 0 Å². The minimum absolute atomic E-state index is 0.292. The second-order valence-corrected chi connectivity index (χ2v) is 2.70. The van der Waals surface area contributed by atoms with Gasteiger partial charge in [0.15, 0.2) is 0 Å². The van der Waals surface area contributed by atoms with Gasteiger partial charge in [-0.05, 0) is 26.2 Å². The third kappa shape index (κ3) is 1.71. The van der Waals surface area contributed by atoms with Crippen molar-refractivity contribution in [3.8, 4) is 0 Å². The molecule has 0 atom stereocenters. The molecule has 0 saturated carbocycles. The summed E-state index contributed by atoms with van der Waals surface area (Å²) in [4.78, 5) is 0. The molecule has 1 aliphatic carbocycles. The maximum absolute atomic E-state index is 8.68. The highest BCUT2D eigenvalue weighted by molar-refractivity contribution is 5.27. The summed E-state index contributed by atoms with van der Waals surface area (Å²) < 4.78 is 0. The number of rotatable bonds is 2. The molecule has 0 bridgehead atoms. The van der Waals surface area contributed by atoms with Crippen molar-refractivity contribution in [2.75, 3.05) is 6.61 Å². The van der Waals surface area contributed by atoms with Gasteiger partial charge >= 0.3 is 0 Å². The summed E-state index contributed by atoms with van der Waals surface area (Å²) in [5.41, 5.74) is 2.77. The molecule has 0 spiro atoms. The lowest BCUT2D eigenvalue weighted by atomic mass is 9.96. The normalized spacial score (nSPS) is 18.2. The minimum atomic E-state index is 0.292. The molecule has 10 heavy (non-hydrogen) atoms. The average molecular weight is 138 g/mol. The van der Waals surface area contributed by atoms with Crippen LogP contribution in [0.4, 0.5) is 0 Å². The zero-order valence-electron chi connectivity index (χ0n) is 6.43. The summed E-state index contributed by atoms with van der Waals surface area (Å²) in [6.07, 6.45) is 7.48. The lowest BCUT2D eigenvalue weighted by Gasteiger charge is -2.11. The summed E-state index contributed by atoms with van der Waals surface area (Å²) in [5.74, 6) is 0. The Bertz CT molecular complexity index is 166. The smallest absolute Gasteiger partial charge is 0.0468 e. The third-order valence-electron chi connectivity index (χ3n) is 1.95. The molecular weight excluding hydrogens is 124 g/mol. The maximum Gasteiger partial charge on any atom is 0.0468 e. The Morgan fingerprint density at radius 2 is 2.40 bits per heavy atom. The number of hydrogen-bond donors (Lipinski definition) is 1. The molecule has 0 aromatic rings. The van der Waals surface area contributed by atoms with Crippen LogP contribution in [-0.2, 0) is 0 Å². The van der Waals surface area contributed by atoms with Gasteiger partial charge in [0.1, 0.15) is 0 Å². The molecule has 1 heteroatoms. The van der Waals surface area contributed by atoms with E-state index in [4.69, 9.17) is 5.11 Å². The predicted octanol–water partition coefficient (Wildman–Crippen LogP) is 2.04. The fourth-order valence-electron chi connectivity index (χ4n) is 1.29. The van der Waals surface area contributed by atoms with Crippen LogP contribution in [0.5, 0.6) is 0 Å². The monoisotopic (exact) mass is 138 g/mol. The first kappa shape index (κ1) is 7.55. The first-order valence-electron chi connectivity index (χ1n) is 3.80. The van der Waals surface area contributed by atoms with Gasteiger partial charge < -0.3 is 5.11 Å². The van der Waals surface area contributed by atoms with Gasteiger partial charge in [-0.1, -0.05) is 23.3 Å². The van der Waals surface area contributed by atoms with Crippen molar-refractivity contribution in [2.24, 2.45) is 0 Å². The molecule has 0 aromatic carbocycles. The molecule has 0 radical (unpaired) electrons. The van der Waals surface area contributed by atoms with E-state index in [2.05, 4.69) is 19.1 Å². The SMILES string of the molecule is CC1=C(CCO)CCC=C1. The lowest BCUT2D eigenvalue weighted by Crippen LogP contribution is -1.95. The molecular formula is C9H14O. The fraction of sp³-hybridized carbons (Fsp3) is 0.556. The third-order valence-corrected chi connectivity index (χ3v) is 1.95. The molecule has 0 aromatic heterocycles. The van der Waals surface area contributed by atoms with Gasteiger partial charge in [-0.3, -0.25) is 0 Å². The van der Waals surface area contributed by atoms with E-state index in [1.54, 1.807) is 0 Å². The number of aliphatic hydroxyl groups excluding tert-OH is 1. The minimum Gasteiger partial charge on any atom is -0.396 e. The van der Waals surface area contributed by atoms with E-state index >= 15 is 0 Å². The average Bonchev–Trinajstić information content (AvgIpc) is 1.94. The highest BCUT2D eigenvalue weighted by atomic mass is 16.2. The highest BCUT2D eigenvalue weighted by Gasteiger charge is 2.02. The Morgan fingerprint density at radius 1 is 1.60 bits per heavy atom. The lowest BCUT2D eigenvalue weighted by molar-refractivity contribution is 0.297. The van der Waals surface area contributed by atoms with Crippen LogP contribution >= 0.6 is 0 Å². The summed E-state index contributed by atoms with van der Waals surface area (Å²) in [6.45, 7) is 2.40. The Kier molecular flexibility index (Phi) is 2.69. The van der Waals surface area contributed by atoms with E-state index in [0.717, 1.165) is 19.3 Å². The van der Waals surface area contributed by atoms with Gasteiger partial charge in [0, 0.05) is 6.61 Å². The zero-order chi connectivity index (χ0) is 7.40. The molecule has 0 unspecified atom stereocenters. The Hall–Kier alpha value is -0.560. The first-order valence-corrected chi connectivity index (χ1v) is 3.80. The van der Waals surface area contributed by atoms with Crippen LogP contribution in [0.1, 0.15) is 26.2 Å². The van der Waals surface area contributed by atoms with Crippen molar-refractivity contribution in [3.63, 3.8) is 0 Å². The molecule has 0 amide bonds. The fourth-order valence-corrected chi connectivity index (χ4v) is 1.29. The number of hydrogen-bond acceptors (Lipinski definition) is 1. The van der Waals surface area contributed by atoms with Gasteiger partial charge in [-0.25, -0.2) is 0 Å². The van der Waals surface area contributed by atoms with Crippen molar-refractivity contribution in [1.29, 1.82) is 0 Å². The summed E-state index contributed by atoms with van der Waals surface area (Å²) in [6, 6.07) is 0. The van der Waals surface area contributed by atoms with Gasteiger partial charge in [-0.15, -0.1) is 0 Å². The van der Waals surface area contributed by atoms with Crippen LogP contribution in [0, 0.1) is 0 Å². The standard InChI is InChI=1S/C9H14O/c1-8-4-2-3-5-9(8)6-7-10/h2,4,10H,3,5-7H2,1H3. The first-order chi connectivity index (χ1) is 4.84. The molecule has 0 heterocycles. The van der Waals surface area contributed by atoms with Crippen LogP contribution < -0.4 is 0 Å². The van der Waals surface area contributed by atoms with Crippen molar-refractivity contribution in [2.45, 2.75) is 26.2 Å². The van der Waals surface area contributed by atoms with E-state index in [0.29, 0.717) is 6.61 Å². The van der Waals surface area contributed by atoms with E-state index in [9.17, 15) is 0 Å². The van der Waals surface area contributed by atoms with E-state index in [1.165, 1.54) is 11.1 Å². The van der Waals surface area contributed by atoms with Gasteiger partial charge in [0.2, 0.25) is 0 Å². The van der Waals surface area contributed by atoms with Crippen molar-refractivity contribution < 1.29 is 5.11 Å². The van der Waals surface area contributed by atoms with Crippen molar-refractivity contribution in [3.05, 3.63) is 23.3 Å². The second-order valence-electron chi connectivity index (χ2n) is 2.70. The molecule has 1 aliphatic rings. The second kappa shape index (κ2) is 3.57. The number of aliphatic hydroxyl groups is 1. The van der Waals surface area contributed by atoms with Crippen LogP contribution in [0.3, 0.4) is 0 Å². The molecule has 1 rings (SSSR count). The van der Waals surface area contributed by atoms with E-state index in [1.807, 2.05) is 0 Å². The highest BCUT2D eigenvalue weighted by Crippen LogP contribution is 2.20.